The lowest BCUT2D eigenvalue weighted by Gasteiger charge is -2.10. The van der Waals surface area contributed by atoms with Crippen LogP contribution in [0.5, 0.6) is 6.01 Å². The molecule has 36 heavy (non-hydrogen) atoms. The van der Waals surface area contributed by atoms with Gasteiger partial charge in [-0.1, -0.05) is 12.1 Å². The van der Waals surface area contributed by atoms with E-state index >= 15 is 0 Å². The van der Waals surface area contributed by atoms with Crippen molar-refractivity contribution in [2.24, 2.45) is 0 Å². The summed E-state index contributed by atoms with van der Waals surface area (Å²) in [6, 6.07) is 14.8. The zero-order valence-electron chi connectivity index (χ0n) is 19.2. The molecule has 0 aliphatic heterocycles. The van der Waals surface area contributed by atoms with Gasteiger partial charge >= 0.3 is 12.0 Å². The number of anilines is 2. The van der Waals surface area contributed by atoms with E-state index in [2.05, 4.69) is 20.7 Å². The third kappa shape index (κ3) is 5.99. The van der Waals surface area contributed by atoms with Crippen LogP contribution in [-0.4, -0.2) is 40.6 Å². The van der Waals surface area contributed by atoms with Gasteiger partial charge in [-0.2, -0.15) is 4.98 Å². The van der Waals surface area contributed by atoms with Gasteiger partial charge in [-0.25, -0.2) is 22.6 Å². The van der Waals surface area contributed by atoms with Crippen molar-refractivity contribution in [3.05, 3.63) is 84.2 Å². The summed E-state index contributed by atoms with van der Waals surface area (Å²) in [4.78, 5) is 16.6. The molecule has 0 unspecified atom stereocenters. The Hall–Kier alpha value is -4.38. The summed E-state index contributed by atoms with van der Waals surface area (Å²) in [5.74, 6) is -1.90. The molecule has 0 aliphatic carbocycles. The maximum absolute atomic E-state index is 14.5. The molecular formula is C25H22F3N5O3. The van der Waals surface area contributed by atoms with Gasteiger partial charge in [0.25, 0.3) is 0 Å². The van der Waals surface area contributed by atoms with Crippen molar-refractivity contribution >= 4 is 17.4 Å². The van der Waals surface area contributed by atoms with Crippen LogP contribution in [0.2, 0.25) is 0 Å². The molecule has 4 rings (SSSR count). The topological polar surface area (TPSA) is 90.3 Å². The number of benzene rings is 3. The van der Waals surface area contributed by atoms with Crippen LogP contribution in [0.25, 0.3) is 17.1 Å². The summed E-state index contributed by atoms with van der Waals surface area (Å²) >= 11 is 0. The van der Waals surface area contributed by atoms with Crippen LogP contribution in [0, 0.1) is 17.5 Å². The second-order valence-corrected chi connectivity index (χ2v) is 7.41. The van der Waals surface area contributed by atoms with E-state index in [0.29, 0.717) is 30.7 Å². The number of hydrogen-bond acceptors (Lipinski definition) is 5. The van der Waals surface area contributed by atoms with Crippen molar-refractivity contribution in [3.63, 3.8) is 0 Å². The molecule has 0 saturated heterocycles. The lowest BCUT2D eigenvalue weighted by Crippen LogP contribution is -2.20. The molecule has 0 saturated carbocycles. The van der Waals surface area contributed by atoms with Crippen molar-refractivity contribution < 1.29 is 27.4 Å². The Balaban J connectivity index is 1.53. The molecule has 4 aromatic rings. The Morgan fingerprint density at radius 2 is 1.72 bits per heavy atom. The summed E-state index contributed by atoms with van der Waals surface area (Å²) < 4.78 is 53.6. The number of aromatic nitrogens is 3. The maximum atomic E-state index is 14.5. The van der Waals surface area contributed by atoms with Gasteiger partial charge in [0.05, 0.1) is 23.5 Å². The highest BCUT2D eigenvalue weighted by atomic mass is 19.1. The predicted molar refractivity (Wildman–Crippen MR) is 128 cm³/mol. The van der Waals surface area contributed by atoms with Gasteiger partial charge in [0, 0.05) is 18.4 Å². The van der Waals surface area contributed by atoms with Crippen molar-refractivity contribution in [2.45, 2.75) is 6.92 Å². The van der Waals surface area contributed by atoms with E-state index in [1.807, 2.05) is 6.92 Å². The number of halogens is 3. The number of amides is 2. The zero-order valence-corrected chi connectivity index (χ0v) is 19.2. The normalized spacial score (nSPS) is 10.8. The predicted octanol–water partition coefficient (Wildman–Crippen LogP) is 5.41. The van der Waals surface area contributed by atoms with Crippen LogP contribution >= 0.6 is 0 Å². The monoisotopic (exact) mass is 497 g/mol. The molecule has 0 aliphatic rings. The van der Waals surface area contributed by atoms with Crippen LogP contribution in [0.4, 0.5) is 29.3 Å². The first-order valence-electron chi connectivity index (χ1n) is 11.0. The summed E-state index contributed by atoms with van der Waals surface area (Å²) in [6.07, 6.45) is 0. The number of rotatable bonds is 9. The first kappa shape index (κ1) is 24.7. The molecule has 1 heterocycles. The van der Waals surface area contributed by atoms with Gasteiger partial charge < -0.3 is 20.1 Å². The van der Waals surface area contributed by atoms with E-state index in [0.717, 1.165) is 12.1 Å². The molecule has 0 radical (unpaired) electrons. The maximum Gasteiger partial charge on any atom is 0.336 e. The molecule has 2 amide bonds. The first-order chi connectivity index (χ1) is 17.4. The van der Waals surface area contributed by atoms with Crippen LogP contribution in [0.15, 0.2) is 66.7 Å². The standard InChI is InChI=1S/C25H22F3N5O3/c1-2-35-13-14-36-25-31-23(19-5-3-4-6-20(19)27)33(32-25)18-10-8-17(9-11-18)29-24(34)30-22-12-7-16(26)15-21(22)28/h3-12,15H,2,13-14H2,1H3,(H2,29,30,34). The van der Waals surface area contributed by atoms with E-state index in [4.69, 9.17) is 9.47 Å². The van der Waals surface area contributed by atoms with Gasteiger partial charge in [-0.3, -0.25) is 0 Å². The number of nitrogens with zero attached hydrogens (tertiary/aromatic N) is 3. The quantitative estimate of drug-likeness (QED) is 0.302. The van der Waals surface area contributed by atoms with E-state index in [9.17, 15) is 18.0 Å². The molecule has 186 valence electrons. The molecular weight excluding hydrogens is 475 g/mol. The van der Waals surface area contributed by atoms with E-state index in [1.165, 1.54) is 10.7 Å². The van der Waals surface area contributed by atoms with E-state index < -0.39 is 23.5 Å². The molecule has 2 N–H and O–H groups in total. The van der Waals surface area contributed by atoms with Crippen LogP contribution < -0.4 is 15.4 Å². The molecule has 11 heteroatoms. The Labute approximate surface area is 204 Å². The van der Waals surface area contributed by atoms with Crippen molar-refractivity contribution in [1.82, 2.24) is 14.8 Å². The van der Waals surface area contributed by atoms with Gasteiger partial charge in [-0.15, -0.1) is 5.10 Å². The summed E-state index contributed by atoms with van der Waals surface area (Å²) in [6.45, 7) is 2.99. The number of hydrogen-bond donors (Lipinski definition) is 2. The summed E-state index contributed by atoms with van der Waals surface area (Å²) in [5.41, 5.74) is 0.975. The van der Waals surface area contributed by atoms with Crippen molar-refractivity contribution in [1.29, 1.82) is 0 Å². The van der Waals surface area contributed by atoms with Crippen molar-refractivity contribution in [2.75, 3.05) is 30.5 Å². The van der Waals surface area contributed by atoms with Gasteiger partial charge in [0.1, 0.15) is 24.1 Å². The van der Waals surface area contributed by atoms with Crippen LogP contribution in [0.3, 0.4) is 0 Å². The van der Waals surface area contributed by atoms with Gasteiger partial charge in [0.15, 0.2) is 5.82 Å². The first-order valence-corrected chi connectivity index (χ1v) is 11.0. The molecule has 0 spiro atoms. The van der Waals surface area contributed by atoms with Crippen molar-refractivity contribution in [3.8, 4) is 23.1 Å². The van der Waals surface area contributed by atoms with Crippen LogP contribution in [0.1, 0.15) is 6.92 Å². The highest BCUT2D eigenvalue weighted by molar-refractivity contribution is 5.99. The lowest BCUT2D eigenvalue weighted by molar-refractivity contribution is 0.106. The summed E-state index contributed by atoms with van der Waals surface area (Å²) in [7, 11) is 0. The highest BCUT2D eigenvalue weighted by Crippen LogP contribution is 2.26. The number of urea groups is 1. The van der Waals surface area contributed by atoms with Gasteiger partial charge in [0.2, 0.25) is 0 Å². The zero-order chi connectivity index (χ0) is 25.5. The summed E-state index contributed by atoms with van der Waals surface area (Å²) in [5, 5.41) is 9.22. The fraction of sp³-hybridized carbons (Fsp3) is 0.160. The Kier molecular flexibility index (Phi) is 7.81. The molecule has 1 aromatic heterocycles. The third-order valence-corrected chi connectivity index (χ3v) is 4.91. The largest absolute Gasteiger partial charge is 0.460 e. The molecule has 0 atom stereocenters. The molecule has 3 aromatic carbocycles. The smallest absolute Gasteiger partial charge is 0.336 e. The number of nitrogens with one attached hydrogen (secondary N) is 2. The van der Waals surface area contributed by atoms with E-state index in [1.54, 1.807) is 42.5 Å². The number of carbonyl (C=O) groups excluding carboxylic acids is 1. The minimum absolute atomic E-state index is 0.0517. The molecule has 0 fully saturated rings. The highest BCUT2D eigenvalue weighted by Gasteiger charge is 2.18. The van der Waals surface area contributed by atoms with Gasteiger partial charge in [-0.05, 0) is 55.5 Å². The number of ether oxygens (including phenoxy) is 2. The third-order valence-electron chi connectivity index (χ3n) is 4.91. The second kappa shape index (κ2) is 11.4. The Bertz CT molecular complexity index is 1350. The Morgan fingerprint density at radius 1 is 0.944 bits per heavy atom. The SMILES string of the molecule is CCOCCOc1nc(-c2ccccc2F)n(-c2ccc(NC(=O)Nc3ccc(F)cc3F)cc2)n1. The fourth-order valence-corrected chi connectivity index (χ4v) is 3.25. The molecule has 8 nitrogen and oxygen atoms in total. The lowest BCUT2D eigenvalue weighted by atomic mass is 10.2. The fourth-order valence-electron chi connectivity index (χ4n) is 3.25. The minimum atomic E-state index is -0.897. The minimum Gasteiger partial charge on any atom is -0.460 e. The average molecular weight is 497 g/mol. The Morgan fingerprint density at radius 3 is 2.44 bits per heavy atom. The average Bonchev–Trinajstić information content (AvgIpc) is 3.28. The molecule has 0 bridgehead atoms. The second-order valence-electron chi connectivity index (χ2n) is 7.41. The van der Waals surface area contributed by atoms with E-state index in [-0.39, 0.29) is 29.7 Å². The number of carbonyl (C=O) groups is 1. The van der Waals surface area contributed by atoms with Crippen LogP contribution in [-0.2, 0) is 4.74 Å².